The SMILES string of the molecule is O=C(CC1Cc2ccccc21)C1Cc2ccccc2N1. The fraction of sp³-hybridized carbons (Fsp3) is 0.278. The van der Waals surface area contributed by atoms with Gasteiger partial charge in [-0.2, -0.15) is 0 Å². The fourth-order valence-electron chi connectivity index (χ4n) is 3.42. The fourth-order valence-corrected chi connectivity index (χ4v) is 3.42. The van der Waals surface area contributed by atoms with Crippen molar-refractivity contribution in [1.82, 2.24) is 0 Å². The zero-order valence-corrected chi connectivity index (χ0v) is 11.3. The Morgan fingerprint density at radius 1 is 1.00 bits per heavy atom. The number of hydrogen-bond donors (Lipinski definition) is 1. The molecular formula is C18H17NO. The molecule has 2 nitrogen and oxygen atoms in total. The third-order valence-electron chi connectivity index (χ3n) is 4.57. The quantitative estimate of drug-likeness (QED) is 0.920. The van der Waals surface area contributed by atoms with E-state index >= 15 is 0 Å². The van der Waals surface area contributed by atoms with E-state index in [1.807, 2.05) is 12.1 Å². The van der Waals surface area contributed by atoms with Crippen LogP contribution in [0.2, 0.25) is 0 Å². The van der Waals surface area contributed by atoms with Gasteiger partial charge in [0.1, 0.15) is 0 Å². The molecule has 2 unspecified atom stereocenters. The Kier molecular flexibility index (Phi) is 2.62. The highest BCUT2D eigenvalue weighted by Gasteiger charge is 2.32. The smallest absolute Gasteiger partial charge is 0.155 e. The maximum Gasteiger partial charge on any atom is 0.155 e. The summed E-state index contributed by atoms with van der Waals surface area (Å²) >= 11 is 0. The molecule has 2 aromatic carbocycles. The van der Waals surface area contributed by atoms with Crippen molar-refractivity contribution in [2.45, 2.75) is 31.2 Å². The third kappa shape index (κ3) is 1.83. The molecular weight excluding hydrogens is 246 g/mol. The molecule has 20 heavy (non-hydrogen) atoms. The predicted molar refractivity (Wildman–Crippen MR) is 80.1 cm³/mol. The monoisotopic (exact) mass is 263 g/mol. The second-order valence-electron chi connectivity index (χ2n) is 5.83. The summed E-state index contributed by atoms with van der Waals surface area (Å²) in [6, 6.07) is 16.7. The maximum absolute atomic E-state index is 12.5. The van der Waals surface area contributed by atoms with Crippen LogP contribution in [0.3, 0.4) is 0 Å². The lowest BCUT2D eigenvalue weighted by molar-refractivity contribution is -0.120. The number of anilines is 1. The Bertz CT molecular complexity index is 652. The normalized spacial score (nSPS) is 22.4. The van der Waals surface area contributed by atoms with Crippen LogP contribution in [0.15, 0.2) is 48.5 Å². The molecule has 0 radical (unpaired) electrons. The van der Waals surface area contributed by atoms with Gasteiger partial charge in [-0.3, -0.25) is 4.79 Å². The number of para-hydroxylation sites is 1. The second kappa shape index (κ2) is 4.48. The molecule has 0 saturated carbocycles. The molecule has 1 N–H and O–H groups in total. The van der Waals surface area contributed by atoms with E-state index in [0.717, 1.165) is 18.5 Å². The molecule has 1 heterocycles. The van der Waals surface area contributed by atoms with Crippen LogP contribution in [0.1, 0.15) is 29.0 Å². The number of Topliss-reactive ketones (excluding diaryl/α,β-unsaturated/α-hetero) is 1. The van der Waals surface area contributed by atoms with Gasteiger partial charge in [0, 0.05) is 18.5 Å². The van der Waals surface area contributed by atoms with Crippen LogP contribution in [0.4, 0.5) is 5.69 Å². The minimum atomic E-state index is -0.0276. The number of benzene rings is 2. The Balaban J connectivity index is 1.44. The van der Waals surface area contributed by atoms with Gasteiger partial charge in [0.2, 0.25) is 0 Å². The van der Waals surface area contributed by atoms with E-state index in [-0.39, 0.29) is 6.04 Å². The molecule has 100 valence electrons. The van der Waals surface area contributed by atoms with Crippen LogP contribution < -0.4 is 5.32 Å². The number of hydrogen-bond acceptors (Lipinski definition) is 2. The molecule has 0 saturated heterocycles. The summed E-state index contributed by atoms with van der Waals surface area (Å²) in [6.45, 7) is 0. The minimum Gasteiger partial charge on any atom is -0.375 e. The first-order valence-electron chi connectivity index (χ1n) is 7.26. The number of carbonyl (C=O) groups is 1. The van der Waals surface area contributed by atoms with Crippen LogP contribution >= 0.6 is 0 Å². The Morgan fingerprint density at radius 3 is 2.55 bits per heavy atom. The molecule has 0 spiro atoms. The first kappa shape index (κ1) is 11.7. The van der Waals surface area contributed by atoms with E-state index in [9.17, 15) is 4.79 Å². The van der Waals surface area contributed by atoms with Crippen molar-refractivity contribution in [3.05, 3.63) is 65.2 Å². The lowest BCUT2D eigenvalue weighted by atomic mass is 9.74. The van der Waals surface area contributed by atoms with Crippen LogP contribution in [-0.2, 0) is 17.6 Å². The molecule has 2 atom stereocenters. The van der Waals surface area contributed by atoms with Crippen molar-refractivity contribution in [2.75, 3.05) is 5.32 Å². The summed E-state index contributed by atoms with van der Waals surface area (Å²) in [5, 5.41) is 3.36. The first-order chi connectivity index (χ1) is 9.81. The molecule has 1 aliphatic heterocycles. The van der Waals surface area contributed by atoms with E-state index in [1.165, 1.54) is 16.7 Å². The largest absolute Gasteiger partial charge is 0.375 e. The molecule has 2 heteroatoms. The Labute approximate surface area is 118 Å². The van der Waals surface area contributed by atoms with E-state index in [1.54, 1.807) is 0 Å². The molecule has 0 bridgehead atoms. The van der Waals surface area contributed by atoms with Gasteiger partial charge >= 0.3 is 0 Å². The number of rotatable bonds is 3. The van der Waals surface area contributed by atoms with Gasteiger partial charge in [-0.25, -0.2) is 0 Å². The second-order valence-corrected chi connectivity index (χ2v) is 5.83. The summed E-state index contributed by atoms with van der Waals surface area (Å²) in [5.41, 5.74) is 5.17. The molecule has 0 aromatic heterocycles. The van der Waals surface area contributed by atoms with Crippen molar-refractivity contribution in [1.29, 1.82) is 0 Å². The molecule has 4 rings (SSSR count). The summed E-state index contributed by atoms with van der Waals surface area (Å²) in [5.74, 6) is 0.782. The first-order valence-corrected chi connectivity index (χ1v) is 7.26. The minimum absolute atomic E-state index is 0.0276. The van der Waals surface area contributed by atoms with Crippen molar-refractivity contribution in [3.8, 4) is 0 Å². The molecule has 2 aromatic rings. The third-order valence-corrected chi connectivity index (χ3v) is 4.57. The van der Waals surface area contributed by atoms with Crippen molar-refractivity contribution in [2.24, 2.45) is 0 Å². The lowest BCUT2D eigenvalue weighted by Crippen LogP contribution is -2.30. The highest BCUT2D eigenvalue weighted by molar-refractivity contribution is 5.90. The average Bonchev–Trinajstić information content (AvgIpc) is 2.88. The van der Waals surface area contributed by atoms with E-state index < -0.39 is 0 Å². The van der Waals surface area contributed by atoms with Crippen molar-refractivity contribution in [3.63, 3.8) is 0 Å². The van der Waals surface area contributed by atoms with Crippen molar-refractivity contribution < 1.29 is 4.79 Å². The summed E-state index contributed by atoms with van der Waals surface area (Å²) in [7, 11) is 0. The maximum atomic E-state index is 12.5. The Hall–Kier alpha value is -2.09. The summed E-state index contributed by atoms with van der Waals surface area (Å²) in [4.78, 5) is 12.5. The van der Waals surface area contributed by atoms with Gasteiger partial charge in [-0.05, 0) is 35.1 Å². The average molecular weight is 263 g/mol. The predicted octanol–water partition coefficient (Wildman–Crippen LogP) is 3.32. The highest BCUT2D eigenvalue weighted by atomic mass is 16.1. The van der Waals surface area contributed by atoms with E-state index in [4.69, 9.17) is 0 Å². The van der Waals surface area contributed by atoms with Crippen LogP contribution in [0, 0.1) is 0 Å². The topological polar surface area (TPSA) is 29.1 Å². The highest BCUT2D eigenvalue weighted by Crippen LogP contribution is 2.38. The Morgan fingerprint density at radius 2 is 1.75 bits per heavy atom. The molecule has 0 amide bonds. The van der Waals surface area contributed by atoms with Crippen LogP contribution in [0.25, 0.3) is 0 Å². The molecule has 2 aliphatic rings. The lowest BCUT2D eigenvalue weighted by Gasteiger charge is -2.30. The van der Waals surface area contributed by atoms with E-state index in [2.05, 4.69) is 41.7 Å². The zero-order chi connectivity index (χ0) is 13.5. The zero-order valence-electron chi connectivity index (χ0n) is 11.3. The number of fused-ring (bicyclic) bond motifs is 2. The summed E-state index contributed by atoms with van der Waals surface area (Å²) in [6.07, 6.45) is 2.56. The van der Waals surface area contributed by atoms with Gasteiger partial charge < -0.3 is 5.32 Å². The van der Waals surface area contributed by atoms with E-state index in [0.29, 0.717) is 18.1 Å². The number of ketones is 1. The molecule has 1 aliphatic carbocycles. The van der Waals surface area contributed by atoms with Crippen LogP contribution in [0.5, 0.6) is 0 Å². The van der Waals surface area contributed by atoms with Gasteiger partial charge in [0.15, 0.2) is 5.78 Å². The van der Waals surface area contributed by atoms with Gasteiger partial charge in [0.05, 0.1) is 6.04 Å². The number of nitrogens with one attached hydrogen (secondary N) is 1. The van der Waals surface area contributed by atoms with Crippen LogP contribution in [-0.4, -0.2) is 11.8 Å². The van der Waals surface area contributed by atoms with Gasteiger partial charge in [-0.1, -0.05) is 42.5 Å². The van der Waals surface area contributed by atoms with Gasteiger partial charge in [-0.15, -0.1) is 0 Å². The standard InChI is InChI=1S/C18H17NO/c20-18(11-14-9-12-5-1-3-7-15(12)14)17-10-13-6-2-4-8-16(13)19-17/h1-8,14,17,19H,9-11H2. The summed E-state index contributed by atoms with van der Waals surface area (Å²) < 4.78 is 0. The molecule has 0 fully saturated rings. The van der Waals surface area contributed by atoms with Crippen molar-refractivity contribution >= 4 is 11.5 Å². The van der Waals surface area contributed by atoms with Gasteiger partial charge in [0.25, 0.3) is 0 Å². The number of carbonyl (C=O) groups excluding carboxylic acids is 1.